The van der Waals surface area contributed by atoms with Gasteiger partial charge in [-0.15, -0.1) is 0 Å². The maximum Gasteiger partial charge on any atom is 0.0366 e. The molecule has 0 bridgehead atoms. The lowest BCUT2D eigenvalue weighted by atomic mass is 9.79. The Morgan fingerprint density at radius 1 is 1.00 bits per heavy atom. The average Bonchev–Trinajstić information content (AvgIpc) is 2.73. The van der Waals surface area contributed by atoms with E-state index in [1.165, 1.54) is 43.9 Å². The Morgan fingerprint density at radius 2 is 1.63 bits per heavy atom. The molecule has 2 nitrogen and oxygen atoms in total. The maximum atomic E-state index is 2.57. The topological polar surface area (TPSA) is 6.48 Å². The Hall–Kier alpha value is -1.02. The standard InChI is InChI=1S/C17H26N2/c1-16(2,3)14-5-7-15(8-6-14)19-10-9-17(13-19)11-18(4)12-17/h5-8H,9-13H2,1-4H3. The zero-order valence-corrected chi connectivity index (χ0v) is 12.7. The molecule has 0 unspecified atom stereocenters. The highest BCUT2D eigenvalue weighted by molar-refractivity contribution is 5.50. The van der Waals surface area contributed by atoms with E-state index in [0.29, 0.717) is 5.41 Å². The smallest absolute Gasteiger partial charge is 0.0366 e. The Bertz CT molecular complexity index is 449. The Labute approximate surface area is 117 Å². The van der Waals surface area contributed by atoms with Gasteiger partial charge in [-0.2, -0.15) is 0 Å². The van der Waals surface area contributed by atoms with Gasteiger partial charge in [-0.05, 0) is 36.6 Å². The second-order valence-corrected chi connectivity index (χ2v) is 7.64. The fourth-order valence-corrected chi connectivity index (χ4v) is 3.68. The van der Waals surface area contributed by atoms with Crippen molar-refractivity contribution < 1.29 is 0 Å². The summed E-state index contributed by atoms with van der Waals surface area (Å²) in [5, 5.41) is 0. The van der Waals surface area contributed by atoms with E-state index < -0.39 is 0 Å². The van der Waals surface area contributed by atoms with E-state index in [0.717, 1.165) is 0 Å². The molecule has 1 spiro atoms. The molecule has 1 aromatic carbocycles. The van der Waals surface area contributed by atoms with E-state index in [2.05, 4.69) is 61.9 Å². The molecule has 2 heteroatoms. The van der Waals surface area contributed by atoms with Crippen molar-refractivity contribution in [3.8, 4) is 0 Å². The van der Waals surface area contributed by atoms with Crippen LogP contribution in [0.5, 0.6) is 0 Å². The van der Waals surface area contributed by atoms with Crippen molar-refractivity contribution in [3.05, 3.63) is 29.8 Å². The SMILES string of the molecule is CN1CC2(CCN(c3ccc(C(C)(C)C)cc3)C2)C1. The van der Waals surface area contributed by atoms with Crippen LogP contribution < -0.4 is 4.90 Å². The molecule has 2 saturated heterocycles. The lowest BCUT2D eigenvalue weighted by Crippen LogP contribution is -2.55. The summed E-state index contributed by atoms with van der Waals surface area (Å²) in [4.78, 5) is 5.01. The number of rotatable bonds is 1. The summed E-state index contributed by atoms with van der Waals surface area (Å²) in [5.74, 6) is 0. The van der Waals surface area contributed by atoms with Crippen molar-refractivity contribution >= 4 is 5.69 Å². The molecule has 0 aromatic heterocycles. The van der Waals surface area contributed by atoms with Gasteiger partial charge >= 0.3 is 0 Å². The summed E-state index contributed by atoms with van der Waals surface area (Å²) in [5.41, 5.74) is 3.67. The molecule has 1 aromatic rings. The van der Waals surface area contributed by atoms with Gasteiger partial charge in [0.05, 0.1) is 0 Å². The molecule has 2 aliphatic rings. The van der Waals surface area contributed by atoms with Crippen LogP contribution >= 0.6 is 0 Å². The molecule has 0 aliphatic carbocycles. The first kappa shape index (κ1) is 13.0. The number of likely N-dealkylation sites (tertiary alicyclic amines) is 1. The number of benzene rings is 1. The molecule has 0 amide bonds. The molecule has 0 atom stereocenters. The Morgan fingerprint density at radius 3 is 2.16 bits per heavy atom. The lowest BCUT2D eigenvalue weighted by Gasteiger charge is -2.46. The molecule has 104 valence electrons. The zero-order chi connectivity index (χ0) is 13.7. The number of anilines is 1. The van der Waals surface area contributed by atoms with E-state index >= 15 is 0 Å². The van der Waals surface area contributed by atoms with Gasteiger partial charge in [0.2, 0.25) is 0 Å². The van der Waals surface area contributed by atoms with Crippen molar-refractivity contribution in [2.24, 2.45) is 5.41 Å². The van der Waals surface area contributed by atoms with E-state index in [1.807, 2.05) is 0 Å². The summed E-state index contributed by atoms with van der Waals surface area (Å²) >= 11 is 0. The van der Waals surface area contributed by atoms with E-state index in [-0.39, 0.29) is 5.41 Å². The van der Waals surface area contributed by atoms with Gasteiger partial charge in [-0.25, -0.2) is 0 Å². The van der Waals surface area contributed by atoms with Crippen molar-refractivity contribution in [1.29, 1.82) is 0 Å². The van der Waals surface area contributed by atoms with E-state index in [9.17, 15) is 0 Å². The van der Waals surface area contributed by atoms with Gasteiger partial charge in [-0.1, -0.05) is 32.9 Å². The highest BCUT2D eigenvalue weighted by Gasteiger charge is 2.46. The molecule has 3 rings (SSSR count). The third-order valence-electron chi connectivity index (χ3n) is 4.75. The van der Waals surface area contributed by atoms with E-state index in [4.69, 9.17) is 0 Å². The zero-order valence-electron chi connectivity index (χ0n) is 12.7. The third-order valence-corrected chi connectivity index (χ3v) is 4.75. The summed E-state index contributed by atoms with van der Waals surface area (Å²) in [7, 11) is 2.23. The Kier molecular flexibility index (Phi) is 2.90. The molecule has 19 heavy (non-hydrogen) atoms. The molecule has 0 saturated carbocycles. The van der Waals surface area contributed by atoms with Crippen LogP contribution in [-0.4, -0.2) is 38.1 Å². The fraction of sp³-hybridized carbons (Fsp3) is 0.647. The van der Waals surface area contributed by atoms with E-state index in [1.54, 1.807) is 0 Å². The van der Waals surface area contributed by atoms with Crippen LogP contribution in [0.2, 0.25) is 0 Å². The molecule has 0 radical (unpaired) electrons. The highest BCUT2D eigenvalue weighted by Crippen LogP contribution is 2.40. The third kappa shape index (κ3) is 2.38. The van der Waals surface area contributed by atoms with Crippen molar-refractivity contribution in [3.63, 3.8) is 0 Å². The van der Waals surface area contributed by atoms with Crippen LogP contribution in [0, 0.1) is 5.41 Å². The summed E-state index contributed by atoms with van der Waals surface area (Å²) in [6.07, 6.45) is 1.36. The molecule has 2 fully saturated rings. The second-order valence-electron chi connectivity index (χ2n) is 7.64. The van der Waals surface area contributed by atoms with Gasteiger partial charge in [0.1, 0.15) is 0 Å². The van der Waals surface area contributed by atoms with Gasteiger partial charge < -0.3 is 9.80 Å². The van der Waals surface area contributed by atoms with Crippen LogP contribution in [-0.2, 0) is 5.41 Å². The van der Waals surface area contributed by atoms with Gasteiger partial charge in [0.25, 0.3) is 0 Å². The predicted molar refractivity (Wildman–Crippen MR) is 81.9 cm³/mol. The monoisotopic (exact) mass is 258 g/mol. The number of hydrogen-bond acceptors (Lipinski definition) is 2. The summed E-state index contributed by atoms with van der Waals surface area (Å²) in [6, 6.07) is 9.21. The van der Waals surface area contributed by atoms with Gasteiger partial charge in [-0.3, -0.25) is 0 Å². The second kappa shape index (κ2) is 4.24. The predicted octanol–water partition coefficient (Wildman–Crippen LogP) is 3.13. The maximum absolute atomic E-state index is 2.57. The fourth-order valence-electron chi connectivity index (χ4n) is 3.68. The Balaban J connectivity index is 1.71. The highest BCUT2D eigenvalue weighted by atomic mass is 15.3. The van der Waals surface area contributed by atoms with Crippen LogP contribution in [0.1, 0.15) is 32.8 Å². The quantitative estimate of drug-likeness (QED) is 0.763. The normalized spacial score (nSPS) is 22.8. The largest absolute Gasteiger partial charge is 0.371 e. The minimum atomic E-state index is 0.251. The molecule has 2 aliphatic heterocycles. The van der Waals surface area contributed by atoms with Gasteiger partial charge in [0.15, 0.2) is 0 Å². The van der Waals surface area contributed by atoms with Crippen LogP contribution in [0.15, 0.2) is 24.3 Å². The molecular formula is C17H26N2. The summed E-state index contributed by atoms with van der Waals surface area (Å²) < 4.78 is 0. The van der Waals surface area contributed by atoms with Crippen LogP contribution in [0.25, 0.3) is 0 Å². The average molecular weight is 258 g/mol. The van der Waals surface area contributed by atoms with Crippen LogP contribution in [0.3, 0.4) is 0 Å². The van der Waals surface area contributed by atoms with Crippen molar-refractivity contribution in [2.75, 3.05) is 38.1 Å². The van der Waals surface area contributed by atoms with Gasteiger partial charge in [0, 0.05) is 37.3 Å². The van der Waals surface area contributed by atoms with Crippen LogP contribution in [0.4, 0.5) is 5.69 Å². The lowest BCUT2D eigenvalue weighted by molar-refractivity contribution is 0.0424. The molecule has 0 N–H and O–H groups in total. The summed E-state index contributed by atoms with van der Waals surface area (Å²) in [6.45, 7) is 11.9. The first-order valence-electron chi connectivity index (χ1n) is 7.42. The first-order valence-corrected chi connectivity index (χ1v) is 7.42. The number of hydrogen-bond donors (Lipinski definition) is 0. The first-order chi connectivity index (χ1) is 8.88. The molecule has 2 heterocycles. The van der Waals surface area contributed by atoms with Crippen molar-refractivity contribution in [2.45, 2.75) is 32.6 Å². The minimum Gasteiger partial charge on any atom is -0.371 e. The molecular weight excluding hydrogens is 232 g/mol. The minimum absolute atomic E-state index is 0.251. The number of nitrogens with zero attached hydrogens (tertiary/aromatic N) is 2. The van der Waals surface area contributed by atoms with Crippen molar-refractivity contribution in [1.82, 2.24) is 4.90 Å².